The third-order valence-electron chi connectivity index (χ3n) is 5.44. The standard InChI is InChI=1S/C25H21N3O2/c1-28(2)18-10-11-23-21(15-18)20-14-17(7-5-9-22(20)30-23)27-25(29)24-19-8-4-3-6-16(19)12-13-26-24/h3-14H,15H2,1-2H3,(H,27,29). The average molecular weight is 395 g/mol. The molecule has 0 bridgehead atoms. The predicted octanol–water partition coefficient (Wildman–Crippen LogP) is 2.73. The number of rotatable bonds is 3. The third kappa shape index (κ3) is 3.14. The zero-order chi connectivity index (χ0) is 20.7. The van der Waals surface area contributed by atoms with Crippen LogP contribution in [0.1, 0.15) is 21.6 Å². The molecule has 1 aromatic carbocycles. The molecule has 1 N–H and O–H groups in total. The molecular weight excluding hydrogens is 374 g/mol. The summed E-state index contributed by atoms with van der Waals surface area (Å²) in [6.07, 6.45) is 14.2. The van der Waals surface area contributed by atoms with E-state index in [9.17, 15) is 4.79 Å². The number of amides is 1. The number of aromatic nitrogens is 1. The minimum Gasteiger partial charge on any atom is -0.456 e. The fraction of sp³-hybridized carbons (Fsp3) is 0.120. The summed E-state index contributed by atoms with van der Waals surface area (Å²) in [4.78, 5) is 19.4. The molecule has 3 aromatic rings. The summed E-state index contributed by atoms with van der Waals surface area (Å²) in [6, 6.07) is 9.66. The SMILES string of the molecule is CN(C)C1=CC=c2oc3c(c2C1)C=C(NC(=O)c1nccc2ccccc12)C=CC=3. The van der Waals surface area contributed by atoms with Gasteiger partial charge in [-0.15, -0.1) is 0 Å². The van der Waals surface area contributed by atoms with Crippen molar-refractivity contribution in [2.45, 2.75) is 6.42 Å². The van der Waals surface area contributed by atoms with E-state index in [1.807, 2.05) is 74.8 Å². The summed E-state index contributed by atoms with van der Waals surface area (Å²) in [5.41, 5.74) is 6.13. The number of furan rings is 1. The molecule has 0 saturated carbocycles. The summed E-state index contributed by atoms with van der Waals surface area (Å²) in [6.45, 7) is 0. The van der Waals surface area contributed by atoms with Crippen LogP contribution in [0.25, 0.3) is 29.0 Å². The molecule has 2 aliphatic carbocycles. The minimum atomic E-state index is -0.232. The maximum Gasteiger partial charge on any atom is 0.274 e. The quantitative estimate of drug-likeness (QED) is 0.741. The highest BCUT2D eigenvalue weighted by atomic mass is 16.3. The van der Waals surface area contributed by atoms with Gasteiger partial charge >= 0.3 is 0 Å². The third-order valence-corrected chi connectivity index (χ3v) is 5.44. The lowest BCUT2D eigenvalue weighted by molar-refractivity contribution is 0.0964. The van der Waals surface area contributed by atoms with E-state index >= 15 is 0 Å². The van der Waals surface area contributed by atoms with E-state index < -0.39 is 0 Å². The Bertz CT molecular complexity index is 1380. The van der Waals surface area contributed by atoms with Crippen LogP contribution in [-0.4, -0.2) is 29.9 Å². The largest absolute Gasteiger partial charge is 0.456 e. The summed E-state index contributed by atoms with van der Waals surface area (Å²) < 4.78 is 6.04. The smallest absolute Gasteiger partial charge is 0.274 e. The Kier molecular flexibility index (Phi) is 4.36. The monoisotopic (exact) mass is 395 g/mol. The van der Waals surface area contributed by atoms with Crippen LogP contribution in [0.2, 0.25) is 0 Å². The van der Waals surface area contributed by atoms with Gasteiger partial charge in [0.05, 0.1) is 0 Å². The normalized spacial score (nSPS) is 14.5. The highest BCUT2D eigenvalue weighted by Gasteiger charge is 2.18. The Labute approximate surface area is 174 Å². The molecule has 0 spiro atoms. The van der Waals surface area contributed by atoms with Crippen molar-refractivity contribution in [1.82, 2.24) is 15.2 Å². The predicted molar refractivity (Wildman–Crippen MR) is 119 cm³/mol. The van der Waals surface area contributed by atoms with Gasteiger partial charge in [0, 0.05) is 54.6 Å². The molecule has 30 heavy (non-hydrogen) atoms. The molecule has 0 fully saturated rings. The zero-order valence-corrected chi connectivity index (χ0v) is 16.8. The van der Waals surface area contributed by atoms with E-state index in [0.29, 0.717) is 11.4 Å². The Morgan fingerprint density at radius 2 is 1.97 bits per heavy atom. The zero-order valence-electron chi connectivity index (χ0n) is 16.8. The molecule has 2 aliphatic rings. The Hall–Kier alpha value is -3.86. The van der Waals surface area contributed by atoms with Crippen molar-refractivity contribution in [2.75, 3.05) is 14.1 Å². The summed E-state index contributed by atoms with van der Waals surface area (Å²) in [5, 5.41) is 4.83. The molecule has 0 atom stereocenters. The van der Waals surface area contributed by atoms with Gasteiger partial charge in [-0.25, -0.2) is 0 Å². The maximum absolute atomic E-state index is 13.0. The Balaban J connectivity index is 1.50. The second-order valence-corrected chi connectivity index (χ2v) is 7.58. The minimum absolute atomic E-state index is 0.232. The van der Waals surface area contributed by atoms with Gasteiger partial charge in [0.25, 0.3) is 5.91 Å². The van der Waals surface area contributed by atoms with Gasteiger partial charge in [-0.1, -0.05) is 30.3 Å². The topological polar surface area (TPSA) is 58.4 Å². The van der Waals surface area contributed by atoms with Crippen molar-refractivity contribution in [3.8, 4) is 0 Å². The lowest BCUT2D eigenvalue weighted by Crippen LogP contribution is -2.23. The van der Waals surface area contributed by atoms with Crippen LogP contribution in [0.3, 0.4) is 0 Å². The molecule has 148 valence electrons. The van der Waals surface area contributed by atoms with E-state index in [1.54, 1.807) is 6.20 Å². The van der Waals surface area contributed by atoms with Gasteiger partial charge in [-0.3, -0.25) is 9.78 Å². The average Bonchev–Trinajstić information content (AvgIpc) is 2.97. The molecule has 0 saturated heterocycles. The maximum atomic E-state index is 13.0. The number of allylic oxidation sites excluding steroid dienone is 4. The van der Waals surface area contributed by atoms with Crippen LogP contribution in [0.4, 0.5) is 0 Å². The first-order valence-electron chi connectivity index (χ1n) is 9.85. The van der Waals surface area contributed by atoms with Gasteiger partial charge in [-0.05, 0) is 41.8 Å². The van der Waals surface area contributed by atoms with Crippen LogP contribution < -0.4 is 16.1 Å². The summed E-state index contributed by atoms with van der Waals surface area (Å²) in [5.74, 6) is -0.232. The molecule has 0 unspecified atom stereocenters. The van der Waals surface area contributed by atoms with Crippen LogP contribution in [0.15, 0.2) is 70.6 Å². The van der Waals surface area contributed by atoms with Crippen molar-refractivity contribution >= 4 is 34.9 Å². The fourth-order valence-electron chi connectivity index (χ4n) is 3.85. The van der Waals surface area contributed by atoms with Crippen molar-refractivity contribution in [3.63, 3.8) is 0 Å². The number of nitrogens with one attached hydrogen (secondary N) is 1. The molecule has 2 aromatic heterocycles. The lowest BCUT2D eigenvalue weighted by Gasteiger charge is -2.18. The molecule has 1 amide bonds. The van der Waals surface area contributed by atoms with E-state index in [-0.39, 0.29) is 5.91 Å². The number of benzene rings is 1. The molecule has 5 nitrogen and oxygen atoms in total. The highest BCUT2D eigenvalue weighted by molar-refractivity contribution is 6.06. The van der Waals surface area contributed by atoms with Crippen LogP contribution in [-0.2, 0) is 6.42 Å². The number of carbonyl (C=O) groups is 1. The Morgan fingerprint density at radius 1 is 1.10 bits per heavy atom. The highest BCUT2D eigenvalue weighted by Crippen LogP contribution is 2.19. The van der Waals surface area contributed by atoms with Gasteiger partial charge in [0.1, 0.15) is 16.5 Å². The number of nitrogens with zero attached hydrogens (tertiary/aromatic N) is 2. The number of carbonyl (C=O) groups excluding carboxylic acids is 1. The van der Waals surface area contributed by atoms with Crippen LogP contribution >= 0.6 is 0 Å². The number of pyridine rings is 1. The first kappa shape index (κ1) is 18.2. The van der Waals surface area contributed by atoms with E-state index in [2.05, 4.69) is 21.3 Å². The summed E-state index contributed by atoms with van der Waals surface area (Å²) >= 11 is 0. The van der Waals surface area contributed by atoms with Gasteiger partial charge in [-0.2, -0.15) is 0 Å². The number of fused-ring (bicyclic) bond motifs is 4. The fourth-order valence-corrected chi connectivity index (χ4v) is 3.85. The van der Waals surface area contributed by atoms with E-state index in [0.717, 1.165) is 39.2 Å². The molecule has 5 heteroatoms. The molecular formula is C25H21N3O2. The van der Waals surface area contributed by atoms with Crippen molar-refractivity contribution in [2.24, 2.45) is 0 Å². The van der Waals surface area contributed by atoms with Gasteiger partial charge in [0.2, 0.25) is 0 Å². The first-order chi connectivity index (χ1) is 14.6. The number of hydrogen-bond donors (Lipinski definition) is 1. The molecule has 2 heterocycles. The van der Waals surface area contributed by atoms with Crippen LogP contribution in [0.5, 0.6) is 0 Å². The molecule has 0 radical (unpaired) electrons. The molecule has 0 aliphatic heterocycles. The number of hydrogen-bond acceptors (Lipinski definition) is 4. The second-order valence-electron chi connectivity index (χ2n) is 7.58. The van der Waals surface area contributed by atoms with Crippen molar-refractivity contribution in [3.05, 3.63) is 93.8 Å². The number of likely N-dealkylation sites (N-methyl/N-ethyl adjacent to an activating group) is 1. The summed E-state index contributed by atoms with van der Waals surface area (Å²) in [7, 11) is 4.07. The van der Waals surface area contributed by atoms with Gasteiger partial charge in [0.15, 0.2) is 0 Å². The molecule has 5 rings (SSSR count). The first-order valence-corrected chi connectivity index (χ1v) is 9.85. The second kappa shape index (κ2) is 7.19. The Morgan fingerprint density at radius 3 is 2.83 bits per heavy atom. The van der Waals surface area contributed by atoms with Crippen molar-refractivity contribution in [1.29, 1.82) is 0 Å². The van der Waals surface area contributed by atoms with Crippen LogP contribution in [0, 0.1) is 0 Å². The van der Waals surface area contributed by atoms with E-state index in [4.69, 9.17) is 4.42 Å². The van der Waals surface area contributed by atoms with Crippen molar-refractivity contribution < 1.29 is 9.21 Å². The lowest BCUT2D eigenvalue weighted by atomic mass is 10.0. The van der Waals surface area contributed by atoms with Gasteiger partial charge < -0.3 is 14.6 Å². The van der Waals surface area contributed by atoms with E-state index in [1.165, 1.54) is 5.70 Å².